The number of nitriles is 1. The fraction of sp³-hybridized carbons (Fsp3) is 0.357. The van der Waals surface area contributed by atoms with Gasteiger partial charge in [0.1, 0.15) is 17.5 Å². The Kier molecular flexibility index (Phi) is 3.15. The lowest BCUT2D eigenvalue weighted by atomic mass is 9.86. The van der Waals surface area contributed by atoms with Crippen molar-refractivity contribution in [1.29, 1.82) is 5.26 Å². The highest BCUT2D eigenvalue weighted by Gasteiger charge is 2.43. The van der Waals surface area contributed by atoms with Crippen LogP contribution in [0.5, 0.6) is 5.75 Å². The highest BCUT2D eigenvalue weighted by molar-refractivity contribution is 5.49. The van der Waals surface area contributed by atoms with Crippen LogP contribution in [0.2, 0.25) is 0 Å². The van der Waals surface area contributed by atoms with Crippen molar-refractivity contribution >= 4 is 11.9 Å². The standard InChI is InChI=1S/C14H16N6O2/c1-14(2)11(21)10(17-13-18-12(16)19-20-13)8-5-7(6-15)3-4-9(8)22-14/h3-5,10-11,21H,1-2H3,(H4,16,17,18,19,20)/t10-,11+/m1/s1. The molecular weight excluding hydrogens is 284 g/mol. The summed E-state index contributed by atoms with van der Waals surface area (Å²) in [4.78, 5) is 3.99. The molecule has 1 aliphatic heterocycles. The number of nitrogens with zero attached hydrogens (tertiary/aromatic N) is 3. The fourth-order valence-electron chi connectivity index (χ4n) is 2.50. The minimum absolute atomic E-state index is 0.175. The van der Waals surface area contributed by atoms with Gasteiger partial charge in [-0.3, -0.25) is 0 Å². The molecule has 0 radical (unpaired) electrons. The first-order valence-corrected chi connectivity index (χ1v) is 6.76. The second kappa shape index (κ2) is 4.89. The number of fused-ring (bicyclic) bond motifs is 1. The number of hydrogen-bond donors (Lipinski definition) is 4. The Labute approximate surface area is 126 Å². The number of H-pyrrole nitrogens is 1. The van der Waals surface area contributed by atoms with Crippen LogP contribution in [-0.2, 0) is 0 Å². The zero-order valence-electron chi connectivity index (χ0n) is 12.2. The van der Waals surface area contributed by atoms with Gasteiger partial charge >= 0.3 is 0 Å². The number of anilines is 2. The predicted octanol–water partition coefficient (Wildman–Crippen LogP) is 0.944. The summed E-state index contributed by atoms with van der Waals surface area (Å²) in [6, 6.07) is 6.63. The van der Waals surface area contributed by atoms with E-state index in [1.54, 1.807) is 32.0 Å². The van der Waals surface area contributed by atoms with Crippen LogP contribution in [-0.4, -0.2) is 32.0 Å². The molecule has 114 valence electrons. The highest BCUT2D eigenvalue weighted by Crippen LogP contribution is 2.41. The molecule has 0 bridgehead atoms. The zero-order chi connectivity index (χ0) is 15.9. The van der Waals surface area contributed by atoms with Gasteiger partial charge in [-0.2, -0.15) is 10.2 Å². The summed E-state index contributed by atoms with van der Waals surface area (Å²) in [6.45, 7) is 3.58. The Morgan fingerprint density at radius 3 is 2.91 bits per heavy atom. The molecule has 2 aromatic rings. The van der Waals surface area contributed by atoms with Crippen molar-refractivity contribution in [2.24, 2.45) is 0 Å². The molecule has 1 aromatic heterocycles. The lowest BCUT2D eigenvalue weighted by molar-refractivity contribution is -0.0533. The first kappa shape index (κ1) is 14.2. The van der Waals surface area contributed by atoms with Crippen molar-refractivity contribution in [1.82, 2.24) is 15.2 Å². The molecule has 0 saturated carbocycles. The third-order valence-electron chi connectivity index (χ3n) is 3.66. The molecule has 8 heteroatoms. The van der Waals surface area contributed by atoms with Crippen LogP contribution in [0.15, 0.2) is 18.2 Å². The van der Waals surface area contributed by atoms with Crippen molar-refractivity contribution in [3.8, 4) is 11.8 Å². The van der Waals surface area contributed by atoms with Gasteiger partial charge in [-0.05, 0) is 32.0 Å². The van der Waals surface area contributed by atoms with Crippen LogP contribution in [0.1, 0.15) is 31.0 Å². The third-order valence-corrected chi connectivity index (χ3v) is 3.66. The fourth-order valence-corrected chi connectivity index (χ4v) is 2.50. The Morgan fingerprint density at radius 1 is 1.50 bits per heavy atom. The van der Waals surface area contributed by atoms with E-state index in [0.29, 0.717) is 16.9 Å². The monoisotopic (exact) mass is 300 g/mol. The molecule has 3 rings (SSSR count). The van der Waals surface area contributed by atoms with Gasteiger partial charge in [-0.25, -0.2) is 5.10 Å². The van der Waals surface area contributed by atoms with E-state index in [1.807, 2.05) is 0 Å². The number of nitrogens with one attached hydrogen (secondary N) is 2. The maximum absolute atomic E-state index is 10.6. The molecule has 0 aliphatic carbocycles. The molecule has 22 heavy (non-hydrogen) atoms. The normalized spacial score (nSPS) is 22.3. The van der Waals surface area contributed by atoms with Crippen molar-refractivity contribution in [3.05, 3.63) is 29.3 Å². The van der Waals surface area contributed by atoms with Gasteiger partial charge in [-0.1, -0.05) is 0 Å². The highest BCUT2D eigenvalue weighted by atomic mass is 16.5. The molecule has 1 aliphatic rings. The van der Waals surface area contributed by atoms with Crippen molar-refractivity contribution in [3.63, 3.8) is 0 Å². The molecule has 5 N–H and O–H groups in total. The van der Waals surface area contributed by atoms with Crippen LogP contribution in [0, 0.1) is 11.3 Å². The van der Waals surface area contributed by atoms with Gasteiger partial charge in [0.15, 0.2) is 0 Å². The number of rotatable bonds is 2. The number of nitrogen functional groups attached to an aromatic ring is 1. The van der Waals surface area contributed by atoms with Gasteiger partial charge in [-0.15, -0.1) is 5.10 Å². The van der Waals surface area contributed by atoms with Crippen LogP contribution < -0.4 is 15.8 Å². The quantitative estimate of drug-likeness (QED) is 0.648. The second-order valence-corrected chi connectivity index (χ2v) is 5.68. The molecular formula is C14H16N6O2. The largest absolute Gasteiger partial charge is 0.485 e. The van der Waals surface area contributed by atoms with E-state index in [-0.39, 0.29) is 11.9 Å². The van der Waals surface area contributed by atoms with E-state index in [2.05, 4.69) is 26.6 Å². The van der Waals surface area contributed by atoms with Crippen LogP contribution in [0.25, 0.3) is 0 Å². The SMILES string of the molecule is CC1(C)Oc2ccc(C#N)cc2[C@@H](Nc2n[nH]c(N)n2)[C@@H]1O. The first-order chi connectivity index (χ1) is 10.4. The number of ether oxygens (including phenoxy) is 1. The predicted molar refractivity (Wildman–Crippen MR) is 79.0 cm³/mol. The summed E-state index contributed by atoms with van der Waals surface area (Å²) in [5.74, 6) is 1.05. The van der Waals surface area contributed by atoms with Gasteiger partial charge in [0.25, 0.3) is 0 Å². The second-order valence-electron chi connectivity index (χ2n) is 5.68. The smallest absolute Gasteiger partial charge is 0.244 e. The zero-order valence-corrected chi connectivity index (χ0v) is 12.2. The number of aromatic nitrogens is 3. The first-order valence-electron chi connectivity index (χ1n) is 6.76. The molecule has 0 fully saturated rings. The minimum Gasteiger partial charge on any atom is -0.485 e. The third kappa shape index (κ3) is 2.31. The molecule has 2 heterocycles. The van der Waals surface area contributed by atoms with E-state index < -0.39 is 17.7 Å². The van der Waals surface area contributed by atoms with Crippen molar-refractivity contribution < 1.29 is 9.84 Å². The number of benzene rings is 1. The number of aliphatic hydroxyl groups excluding tert-OH is 1. The Hall–Kier alpha value is -2.79. The Bertz CT molecular complexity index is 748. The number of hydrogen-bond acceptors (Lipinski definition) is 7. The summed E-state index contributed by atoms with van der Waals surface area (Å²) in [5, 5.41) is 29.2. The molecule has 1 aromatic carbocycles. The average Bonchev–Trinajstić information content (AvgIpc) is 2.88. The number of nitrogens with two attached hydrogens (primary N) is 1. The molecule has 0 unspecified atom stereocenters. The molecule has 0 spiro atoms. The minimum atomic E-state index is -0.867. The van der Waals surface area contributed by atoms with E-state index in [4.69, 9.17) is 15.7 Å². The Balaban J connectivity index is 2.04. The van der Waals surface area contributed by atoms with Crippen LogP contribution >= 0.6 is 0 Å². The van der Waals surface area contributed by atoms with E-state index in [1.165, 1.54) is 0 Å². The van der Waals surface area contributed by atoms with Gasteiger partial charge in [0.05, 0.1) is 17.7 Å². The summed E-state index contributed by atoms with van der Waals surface area (Å²) >= 11 is 0. The van der Waals surface area contributed by atoms with Crippen molar-refractivity contribution in [2.45, 2.75) is 31.6 Å². The lowest BCUT2D eigenvalue weighted by Gasteiger charge is -2.42. The summed E-state index contributed by atoms with van der Waals surface area (Å²) in [6.07, 6.45) is -0.867. The summed E-state index contributed by atoms with van der Waals surface area (Å²) in [5.41, 5.74) is 5.86. The lowest BCUT2D eigenvalue weighted by Crippen LogP contribution is -2.50. The topological polar surface area (TPSA) is 133 Å². The van der Waals surface area contributed by atoms with E-state index >= 15 is 0 Å². The Morgan fingerprint density at radius 2 is 2.27 bits per heavy atom. The summed E-state index contributed by atoms with van der Waals surface area (Å²) < 4.78 is 5.83. The van der Waals surface area contributed by atoms with Gasteiger partial charge in [0.2, 0.25) is 11.9 Å². The summed E-state index contributed by atoms with van der Waals surface area (Å²) in [7, 11) is 0. The van der Waals surface area contributed by atoms with Crippen molar-refractivity contribution in [2.75, 3.05) is 11.1 Å². The van der Waals surface area contributed by atoms with E-state index in [0.717, 1.165) is 0 Å². The maximum atomic E-state index is 10.6. The van der Waals surface area contributed by atoms with E-state index in [9.17, 15) is 5.11 Å². The molecule has 2 atom stereocenters. The molecule has 0 saturated heterocycles. The van der Waals surface area contributed by atoms with Gasteiger partial charge < -0.3 is 20.9 Å². The van der Waals surface area contributed by atoms with Crippen LogP contribution in [0.3, 0.4) is 0 Å². The van der Waals surface area contributed by atoms with Crippen LogP contribution in [0.4, 0.5) is 11.9 Å². The molecule has 8 nitrogen and oxygen atoms in total. The number of aromatic amines is 1. The maximum Gasteiger partial charge on any atom is 0.244 e. The molecule has 0 amide bonds. The average molecular weight is 300 g/mol. The number of aliphatic hydroxyl groups is 1. The van der Waals surface area contributed by atoms with Gasteiger partial charge in [0, 0.05) is 5.56 Å².